The number of benzene rings is 2. The first-order valence-corrected chi connectivity index (χ1v) is 9.77. The summed E-state index contributed by atoms with van der Waals surface area (Å²) in [4.78, 5) is 19.3. The monoisotopic (exact) mass is 415 g/mol. The molecule has 1 aromatic heterocycles. The van der Waals surface area contributed by atoms with Crippen molar-refractivity contribution in [3.8, 4) is 11.5 Å². The third-order valence-electron chi connectivity index (χ3n) is 5.11. The highest BCUT2D eigenvalue weighted by molar-refractivity contribution is 6.31. The van der Waals surface area contributed by atoms with E-state index in [1.165, 1.54) is 0 Å². The Morgan fingerprint density at radius 2 is 2.03 bits per heavy atom. The smallest absolute Gasteiger partial charge is 0.295 e. The van der Waals surface area contributed by atoms with Gasteiger partial charge in [0.05, 0.1) is 14.2 Å². The molecule has 152 valence electrons. The lowest BCUT2D eigenvalue weighted by Crippen LogP contribution is -2.30. The van der Waals surface area contributed by atoms with E-state index in [1.807, 2.05) is 11.0 Å². The normalized spacial score (nSPS) is 16.2. The first kappa shape index (κ1) is 19.4. The molecular formula is C21H22ClN3O4. The maximum absolute atomic E-state index is 13.1. The van der Waals surface area contributed by atoms with Gasteiger partial charge in [0.15, 0.2) is 5.58 Å². The van der Waals surface area contributed by atoms with Crippen LogP contribution in [0.15, 0.2) is 40.8 Å². The molecule has 0 aliphatic carbocycles. The van der Waals surface area contributed by atoms with Crippen molar-refractivity contribution >= 4 is 34.6 Å². The number of nitrogens with one attached hydrogen (secondary N) is 1. The number of halogens is 1. The second-order valence-corrected chi connectivity index (χ2v) is 7.39. The Balaban J connectivity index is 1.40. The van der Waals surface area contributed by atoms with E-state index in [0.717, 1.165) is 11.9 Å². The molecule has 8 heteroatoms. The number of aromatic nitrogens is 1. The van der Waals surface area contributed by atoms with E-state index in [0.29, 0.717) is 59.2 Å². The summed E-state index contributed by atoms with van der Waals surface area (Å²) in [6, 6.07) is 11.1. The zero-order valence-electron chi connectivity index (χ0n) is 16.3. The van der Waals surface area contributed by atoms with E-state index < -0.39 is 0 Å². The Labute approximate surface area is 173 Å². The van der Waals surface area contributed by atoms with E-state index >= 15 is 0 Å². The largest absolute Gasteiger partial charge is 0.496 e. The number of carbonyl (C=O) groups is 1. The number of likely N-dealkylation sites (tertiary alicyclic amines) is 1. The molecular weight excluding hydrogens is 394 g/mol. The van der Waals surface area contributed by atoms with Gasteiger partial charge in [-0.1, -0.05) is 17.7 Å². The molecule has 2 heterocycles. The zero-order valence-corrected chi connectivity index (χ0v) is 17.0. The van der Waals surface area contributed by atoms with Gasteiger partial charge < -0.3 is 24.1 Å². The molecule has 7 nitrogen and oxygen atoms in total. The second kappa shape index (κ2) is 8.21. The minimum atomic E-state index is -0.0849. The van der Waals surface area contributed by atoms with Gasteiger partial charge in [0.25, 0.3) is 11.9 Å². The predicted octanol–water partition coefficient (Wildman–Crippen LogP) is 4.07. The topological polar surface area (TPSA) is 76.8 Å². The number of rotatable bonds is 6. The van der Waals surface area contributed by atoms with Crippen molar-refractivity contribution in [1.82, 2.24) is 9.88 Å². The Hall–Kier alpha value is -2.93. The predicted molar refractivity (Wildman–Crippen MR) is 111 cm³/mol. The van der Waals surface area contributed by atoms with E-state index in [1.54, 1.807) is 44.6 Å². The summed E-state index contributed by atoms with van der Waals surface area (Å²) in [6.45, 7) is 1.97. The highest BCUT2D eigenvalue weighted by atomic mass is 35.5. The summed E-state index contributed by atoms with van der Waals surface area (Å²) >= 11 is 5.98. The van der Waals surface area contributed by atoms with Crippen LogP contribution in [0.2, 0.25) is 5.02 Å². The van der Waals surface area contributed by atoms with Crippen LogP contribution >= 0.6 is 11.6 Å². The van der Waals surface area contributed by atoms with E-state index in [2.05, 4.69) is 10.3 Å². The van der Waals surface area contributed by atoms with Crippen molar-refractivity contribution in [3.05, 3.63) is 47.0 Å². The summed E-state index contributed by atoms with van der Waals surface area (Å²) < 4.78 is 16.4. The van der Waals surface area contributed by atoms with Crippen LogP contribution in [0, 0.1) is 5.92 Å². The van der Waals surface area contributed by atoms with Crippen LogP contribution in [-0.2, 0) is 0 Å². The number of fused-ring (bicyclic) bond motifs is 1. The molecule has 0 spiro atoms. The van der Waals surface area contributed by atoms with E-state index in [9.17, 15) is 4.79 Å². The van der Waals surface area contributed by atoms with Crippen molar-refractivity contribution in [3.63, 3.8) is 0 Å². The van der Waals surface area contributed by atoms with Crippen LogP contribution in [0.25, 0.3) is 11.1 Å². The molecule has 0 saturated carbocycles. The van der Waals surface area contributed by atoms with Crippen LogP contribution in [-0.4, -0.2) is 49.6 Å². The second-order valence-electron chi connectivity index (χ2n) is 6.96. The molecule has 0 unspecified atom stereocenters. The van der Waals surface area contributed by atoms with Crippen molar-refractivity contribution in [1.29, 1.82) is 0 Å². The highest BCUT2D eigenvalue weighted by Gasteiger charge is 2.30. The maximum Gasteiger partial charge on any atom is 0.295 e. The summed E-state index contributed by atoms with van der Waals surface area (Å²) in [5, 5.41) is 3.84. The van der Waals surface area contributed by atoms with Crippen LogP contribution in [0.4, 0.5) is 6.01 Å². The molecule has 1 fully saturated rings. The highest BCUT2D eigenvalue weighted by Crippen LogP contribution is 2.31. The number of anilines is 1. The first-order valence-electron chi connectivity index (χ1n) is 9.39. The number of carbonyl (C=O) groups excluding carboxylic acids is 1. The Kier molecular flexibility index (Phi) is 5.49. The third kappa shape index (κ3) is 3.96. The molecule has 1 saturated heterocycles. The van der Waals surface area contributed by atoms with Gasteiger partial charge in [0.1, 0.15) is 22.6 Å². The van der Waals surface area contributed by atoms with E-state index in [-0.39, 0.29) is 5.91 Å². The Morgan fingerprint density at radius 1 is 1.28 bits per heavy atom. The molecule has 1 N–H and O–H groups in total. The van der Waals surface area contributed by atoms with Gasteiger partial charge in [0.2, 0.25) is 0 Å². The van der Waals surface area contributed by atoms with Crippen molar-refractivity contribution < 1.29 is 18.7 Å². The van der Waals surface area contributed by atoms with E-state index in [4.69, 9.17) is 25.5 Å². The first-order chi connectivity index (χ1) is 14.1. The molecule has 3 aromatic rings. The summed E-state index contributed by atoms with van der Waals surface area (Å²) in [5.74, 6) is 1.23. The van der Waals surface area contributed by atoms with Crippen LogP contribution in [0.5, 0.6) is 11.5 Å². The van der Waals surface area contributed by atoms with Crippen LogP contribution in [0.3, 0.4) is 0 Å². The molecule has 4 rings (SSSR count). The average molecular weight is 416 g/mol. The number of nitrogens with zero attached hydrogens (tertiary/aromatic N) is 2. The molecule has 1 aliphatic heterocycles. The molecule has 2 aromatic carbocycles. The van der Waals surface area contributed by atoms with Gasteiger partial charge in [-0.2, -0.15) is 4.98 Å². The van der Waals surface area contributed by atoms with Gasteiger partial charge in [-0.05, 0) is 36.6 Å². The Bertz CT molecular complexity index is 1010. The number of hydrogen-bond donors (Lipinski definition) is 1. The minimum absolute atomic E-state index is 0.0849. The van der Waals surface area contributed by atoms with Gasteiger partial charge in [-0.15, -0.1) is 0 Å². The van der Waals surface area contributed by atoms with Gasteiger partial charge >= 0.3 is 0 Å². The quantitative estimate of drug-likeness (QED) is 0.653. The van der Waals surface area contributed by atoms with Gasteiger partial charge in [-0.25, -0.2) is 0 Å². The number of hydrogen-bond acceptors (Lipinski definition) is 6. The summed E-state index contributed by atoms with van der Waals surface area (Å²) in [6.07, 6.45) is 0.891. The number of oxazole rings is 1. The fourth-order valence-corrected chi connectivity index (χ4v) is 3.77. The number of amides is 1. The fraction of sp³-hybridized carbons (Fsp3) is 0.333. The van der Waals surface area contributed by atoms with Crippen LogP contribution in [0.1, 0.15) is 16.8 Å². The SMILES string of the molecule is COc1cccc(OC)c1C(=O)N1CC[C@@H](CNc2nc3ccc(Cl)cc3o2)C1. The molecule has 29 heavy (non-hydrogen) atoms. The van der Waals surface area contributed by atoms with Crippen LogP contribution < -0.4 is 14.8 Å². The lowest BCUT2D eigenvalue weighted by atomic mass is 10.1. The summed E-state index contributed by atoms with van der Waals surface area (Å²) in [5.41, 5.74) is 1.86. The van der Waals surface area contributed by atoms with Gasteiger partial charge in [-0.3, -0.25) is 4.79 Å². The summed E-state index contributed by atoms with van der Waals surface area (Å²) in [7, 11) is 3.10. The minimum Gasteiger partial charge on any atom is -0.496 e. The molecule has 1 atom stereocenters. The molecule has 0 radical (unpaired) electrons. The van der Waals surface area contributed by atoms with Crippen molar-refractivity contribution in [2.75, 3.05) is 39.2 Å². The Morgan fingerprint density at radius 3 is 2.76 bits per heavy atom. The molecule has 1 amide bonds. The molecule has 1 aliphatic rings. The van der Waals surface area contributed by atoms with Gasteiger partial charge in [0, 0.05) is 30.7 Å². The number of ether oxygens (including phenoxy) is 2. The lowest BCUT2D eigenvalue weighted by molar-refractivity contribution is 0.0781. The average Bonchev–Trinajstić information content (AvgIpc) is 3.37. The third-order valence-corrected chi connectivity index (χ3v) is 5.34. The molecule has 0 bridgehead atoms. The lowest BCUT2D eigenvalue weighted by Gasteiger charge is -2.20. The number of methoxy groups -OCH3 is 2. The zero-order chi connectivity index (χ0) is 20.4. The standard InChI is InChI=1S/C21H22ClN3O4/c1-27-16-4-3-5-17(28-2)19(16)20(26)25-9-8-13(12-25)11-23-21-24-15-7-6-14(22)10-18(15)29-21/h3-7,10,13H,8-9,11-12H2,1-2H3,(H,23,24)/t13-/m0/s1. The fourth-order valence-electron chi connectivity index (χ4n) is 3.61. The maximum atomic E-state index is 13.1. The van der Waals surface area contributed by atoms with Crippen molar-refractivity contribution in [2.24, 2.45) is 5.92 Å². The van der Waals surface area contributed by atoms with Crippen molar-refractivity contribution in [2.45, 2.75) is 6.42 Å².